The molecule has 60 valence electrons. The van der Waals surface area contributed by atoms with Crippen molar-refractivity contribution in [1.82, 2.24) is 0 Å². The number of allylic oxidation sites excluding steroid dienone is 2. The summed E-state index contributed by atoms with van der Waals surface area (Å²) in [6.07, 6.45) is 5.95. The number of aliphatic hydroxyl groups is 1. The van der Waals surface area contributed by atoms with Gasteiger partial charge in [-0.2, -0.15) is 0 Å². The highest BCUT2D eigenvalue weighted by molar-refractivity contribution is 5.83. The molecule has 2 aliphatic rings. The molecule has 0 heterocycles. The summed E-state index contributed by atoms with van der Waals surface area (Å²) in [7, 11) is 0. The zero-order valence-electron chi connectivity index (χ0n) is 6.36. The van der Waals surface area contributed by atoms with Gasteiger partial charge in [0.25, 0.3) is 0 Å². The molecule has 2 bridgehead atoms. The molecule has 11 heavy (non-hydrogen) atoms. The molecule has 2 aliphatic carbocycles. The van der Waals surface area contributed by atoms with Crippen LogP contribution in [0.1, 0.15) is 12.8 Å². The van der Waals surface area contributed by atoms with Crippen LogP contribution in [0.2, 0.25) is 0 Å². The lowest BCUT2D eigenvalue weighted by Crippen LogP contribution is -2.30. The minimum absolute atomic E-state index is 0.0283. The van der Waals surface area contributed by atoms with Crippen LogP contribution < -0.4 is 0 Å². The second kappa shape index (κ2) is 2.45. The first-order chi connectivity index (χ1) is 5.31. The molecule has 0 spiro atoms. The maximum atomic E-state index is 11.3. The molecule has 0 aromatic rings. The van der Waals surface area contributed by atoms with E-state index < -0.39 is 0 Å². The Morgan fingerprint density at radius 1 is 1.55 bits per heavy atom. The Balaban J connectivity index is 2.19. The first-order valence-corrected chi connectivity index (χ1v) is 4.13. The van der Waals surface area contributed by atoms with Gasteiger partial charge in [-0.1, -0.05) is 12.2 Å². The molecular formula is C9H12O2. The van der Waals surface area contributed by atoms with E-state index in [2.05, 4.69) is 12.2 Å². The summed E-state index contributed by atoms with van der Waals surface area (Å²) in [6.45, 7) is 0.0283. The summed E-state index contributed by atoms with van der Waals surface area (Å²) in [5, 5.41) is 8.93. The molecule has 0 aromatic carbocycles. The first-order valence-electron chi connectivity index (χ1n) is 4.13. The maximum Gasteiger partial charge on any atom is 0.139 e. The van der Waals surface area contributed by atoms with Crippen molar-refractivity contribution in [2.24, 2.45) is 17.8 Å². The number of carbonyl (C=O) groups is 1. The zero-order chi connectivity index (χ0) is 7.84. The van der Waals surface area contributed by atoms with Gasteiger partial charge in [-0.15, -0.1) is 0 Å². The molecule has 2 rings (SSSR count). The Hall–Kier alpha value is -0.630. The molecule has 2 nitrogen and oxygen atoms in total. The third-order valence-electron chi connectivity index (χ3n) is 2.80. The molecule has 1 N–H and O–H groups in total. The summed E-state index contributed by atoms with van der Waals surface area (Å²) >= 11 is 0. The van der Waals surface area contributed by atoms with Gasteiger partial charge in [0.2, 0.25) is 0 Å². The lowest BCUT2D eigenvalue weighted by atomic mass is 9.78. The van der Waals surface area contributed by atoms with E-state index in [1.807, 2.05) is 0 Å². The smallest absolute Gasteiger partial charge is 0.139 e. The highest BCUT2D eigenvalue weighted by atomic mass is 16.3. The third kappa shape index (κ3) is 1.02. The number of aliphatic hydroxyl groups excluding tert-OH is 1. The van der Waals surface area contributed by atoms with Gasteiger partial charge in [-0.25, -0.2) is 0 Å². The fraction of sp³-hybridized carbons (Fsp3) is 0.667. The van der Waals surface area contributed by atoms with Crippen LogP contribution in [0, 0.1) is 17.8 Å². The van der Waals surface area contributed by atoms with Crippen LogP contribution in [0.3, 0.4) is 0 Å². The van der Waals surface area contributed by atoms with Gasteiger partial charge < -0.3 is 5.11 Å². The van der Waals surface area contributed by atoms with Crippen molar-refractivity contribution in [2.75, 3.05) is 6.61 Å². The van der Waals surface area contributed by atoms with Crippen LogP contribution in [-0.2, 0) is 4.79 Å². The Morgan fingerprint density at radius 3 is 3.09 bits per heavy atom. The fourth-order valence-corrected chi connectivity index (χ4v) is 2.14. The van der Waals surface area contributed by atoms with E-state index >= 15 is 0 Å². The van der Waals surface area contributed by atoms with Gasteiger partial charge in [0.05, 0.1) is 6.61 Å². The molecule has 0 radical (unpaired) electrons. The molecule has 1 saturated carbocycles. The molecule has 3 atom stereocenters. The normalized spacial score (nSPS) is 41.5. The highest BCUT2D eigenvalue weighted by Gasteiger charge is 2.36. The second-order valence-electron chi connectivity index (χ2n) is 3.50. The van der Waals surface area contributed by atoms with Gasteiger partial charge in [-0.3, -0.25) is 4.79 Å². The van der Waals surface area contributed by atoms with E-state index in [1.165, 1.54) is 0 Å². The molecule has 2 heteroatoms. The van der Waals surface area contributed by atoms with E-state index in [0.717, 1.165) is 6.42 Å². The van der Waals surface area contributed by atoms with E-state index in [0.29, 0.717) is 18.3 Å². The van der Waals surface area contributed by atoms with E-state index in [4.69, 9.17) is 5.11 Å². The number of ketones is 1. The summed E-state index contributed by atoms with van der Waals surface area (Å²) in [4.78, 5) is 11.3. The monoisotopic (exact) mass is 152 g/mol. The van der Waals surface area contributed by atoms with Crippen LogP contribution in [0.4, 0.5) is 0 Å². The molecular weight excluding hydrogens is 140 g/mol. The Bertz CT molecular complexity index is 208. The molecule has 1 fully saturated rings. The van der Waals surface area contributed by atoms with Gasteiger partial charge in [0, 0.05) is 12.3 Å². The van der Waals surface area contributed by atoms with E-state index in [-0.39, 0.29) is 18.3 Å². The van der Waals surface area contributed by atoms with Crippen LogP contribution >= 0.6 is 0 Å². The summed E-state index contributed by atoms with van der Waals surface area (Å²) in [5.74, 6) is 0.977. The van der Waals surface area contributed by atoms with Crippen molar-refractivity contribution in [2.45, 2.75) is 12.8 Å². The lowest BCUT2D eigenvalue weighted by molar-refractivity contribution is -0.127. The summed E-state index contributed by atoms with van der Waals surface area (Å²) < 4.78 is 0. The Labute approximate surface area is 65.9 Å². The fourth-order valence-electron chi connectivity index (χ4n) is 2.14. The standard InChI is InChI=1S/C9H12O2/c10-5-8-7-2-1-6(3-7)4-9(8)11/h1-2,6-8,10H,3-5H2/t6-,7+,8+/m1/s1. The van der Waals surface area contributed by atoms with Crippen molar-refractivity contribution in [3.8, 4) is 0 Å². The molecule has 0 unspecified atom stereocenters. The number of fused-ring (bicyclic) bond motifs is 2. The predicted octanol–water partition coefficient (Wildman–Crippen LogP) is 0.760. The van der Waals surface area contributed by atoms with Crippen molar-refractivity contribution >= 4 is 5.78 Å². The van der Waals surface area contributed by atoms with Gasteiger partial charge in [0.1, 0.15) is 5.78 Å². The molecule has 0 saturated heterocycles. The van der Waals surface area contributed by atoms with Gasteiger partial charge in [0.15, 0.2) is 0 Å². The van der Waals surface area contributed by atoms with Crippen LogP contribution in [0.25, 0.3) is 0 Å². The average molecular weight is 152 g/mol. The lowest BCUT2D eigenvalue weighted by Gasteiger charge is -2.25. The van der Waals surface area contributed by atoms with Gasteiger partial charge >= 0.3 is 0 Å². The Kier molecular flexibility index (Phi) is 1.57. The van der Waals surface area contributed by atoms with Crippen molar-refractivity contribution in [1.29, 1.82) is 0 Å². The number of hydrogen-bond donors (Lipinski definition) is 1. The van der Waals surface area contributed by atoms with E-state index in [1.54, 1.807) is 0 Å². The van der Waals surface area contributed by atoms with Gasteiger partial charge in [-0.05, 0) is 18.3 Å². The van der Waals surface area contributed by atoms with Crippen LogP contribution in [-0.4, -0.2) is 17.5 Å². The summed E-state index contributed by atoms with van der Waals surface area (Å²) in [5.41, 5.74) is 0. The zero-order valence-corrected chi connectivity index (χ0v) is 6.36. The highest BCUT2D eigenvalue weighted by Crippen LogP contribution is 2.38. The Morgan fingerprint density at radius 2 is 2.36 bits per heavy atom. The van der Waals surface area contributed by atoms with Crippen molar-refractivity contribution < 1.29 is 9.90 Å². The third-order valence-corrected chi connectivity index (χ3v) is 2.80. The largest absolute Gasteiger partial charge is 0.396 e. The van der Waals surface area contributed by atoms with Crippen LogP contribution in [0.5, 0.6) is 0 Å². The molecule has 0 aliphatic heterocycles. The first kappa shape index (κ1) is 7.04. The average Bonchev–Trinajstić information content (AvgIpc) is 2.34. The second-order valence-corrected chi connectivity index (χ2v) is 3.50. The van der Waals surface area contributed by atoms with Crippen molar-refractivity contribution in [3.63, 3.8) is 0 Å². The number of carbonyl (C=O) groups excluding carboxylic acids is 1. The van der Waals surface area contributed by atoms with Crippen LogP contribution in [0.15, 0.2) is 12.2 Å². The SMILES string of the molecule is O=C1C[C@@H]2C=C[C@@H](C2)[C@@H]1CO. The quantitative estimate of drug-likeness (QED) is 0.563. The summed E-state index contributed by atoms with van der Waals surface area (Å²) in [6, 6.07) is 0. The number of rotatable bonds is 1. The van der Waals surface area contributed by atoms with Crippen molar-refractivity contribution in [3.05, 3.63) is 12.2 Å². The van der Waals surface area contributed by atoms with E-state index in [9.17, 15) is 4.79 Å². The number of hydrogen-bond acceptors (Lipinski definition) is 2. The topological polar surface area (TPSA) is 37.3 Å². The minimum Gasteiger partial charge on any atom is -0.396 e. The molecule has 0 amide bonds. The molecule has 0 aromatic heterocycles. The predicted molar refractivity (Wildman–Crippen MR) is 40.9 cm³/mol. The maximum absolute atomic E-state index is 11.3. The minimum atomic E-state index is -0.0926. The number of Topliss-reactive ketones (excluding diaryl/α,β-unsaturated/α-hetero) is 1.